The second kappa shape index (κ2) is 11.6. The van der Waals surface area contributed by atoms with E-state index in [0.29, 0.717) is 25.8 Å². The second-order valence-corrected chi connectivity index (χ2v) is 6.59. The highest BCUT2D eigenvalue weighted by Gasteiger charge is 2.29. The van der Waals surface area contributed by atoms with Crippen molar-refractivity contribution < 1.29 is 4.74 Å². The number of guanidine groups is 1. The van der Waals surface area contributed by atoms with Crippen LogP contribution in [0, 0.1) is 0 Å². The molecule has 0 bridgehead atoms. The summed E-state index contributed by atoms with van der Waals surface area (Å²) in [6.07, 6.45) is 5.76. The number of hydrogen-bond donors (Lipinski definition) is 1. The van der Waals surface area contributed by atoms with Gasteiger partial charge in [0.15, 0.2) is 5.96 Å². The Balaban J connectivity index is 0.00000243. The van der Waals surface area contributed by atoms with E-state index in [9.17, 15) is 0 Å². The minimum absolute atomic E-state index is 0. The van der Waals surface area contributed by atoms with E-state index in [4.69, 9.17) is 9.73 Å². The summed E-state index contributed by atoms with van der Waals surface area (Å²) < 4.78 is 5.74. The van der Waals surface area contributed by atoms with E-state index in [2.05, 4.69) is 46.3 Å². The van der Waals surface area contributed by atoms with Crippen molar-refractivity contribution in [1.82, 2.24) is 15.1 Å². The number of hydrogen-bond acceptors (Lipinski definition) is 3. The maximum atomic E-state index is 5.74. The highest BCUT2D eigenvalue weighted by Crippen LogP contribution is 2.17. The molecule has 26 heavy (non-hydrogen) atoms. The van der Waals surface area contributed by atoms with Crippen molar-refractivity contribution in [2.75, 3.05) is 45.9 Å². The van der Waals surface area contributed by atoms with Crippen LogP contribution in [-0.4, -0.2) is 67.7 Å². The third kappa shape index (κ3) is 6.25. The average Bonchev–Trinajstić information content (AvgIpc) is 3.33. The first-order valence-electron chi connectivity index (χ1n) is 9.41. The van der Waals surface area contributed by atoms with E-state index in [1.54, 1.807) is 0 Å². The molecule has 6 heteroatoms. The van der Waals surface area contributed by atoms with E-state index in [0.717, 1.165) is 38.7 Å². The van der Waals surface area contributed by atoms with Crippen LogP contribution in [0.3, 0.4) is 0 Å². The molecule has 0 aromatic heterocycles. The summed E-state index contributed by atoms with van der Waals surface area (Å²) >= 11 is 0. The van der Waals surface area contributed by atoms with Crippen molar-refractivity contribution in [3.63, 3.8) is 0 Å². The van der Waals surface area contributed by atoms with Crippen molar-refractivity contribution >= 4 is 29.9 Å². The number of nitrogens with zero attached hydrogens (tertiary/aromatic N) is 3. The third-order valence-electron chi connectivity index (χ3n) is 4.77. The Morgan fingerprint density at radius 2 is 2.00 bits per heavy atom. The maximum absolute atomic E-state index is 5.74. The molecule has 0 radical (unpaired) electrons. The lowest BCUT2D eigenvalue weighted by molar-refractivity contribution is 0.128. The van der Waals surface area contributed by atoms with Gasteiger partial charge in [0.05, 0.1) is 19.8 Å². The summed E-state index contributed by atoms with van der Waals surface area (Å²) in [5.74, 6) is 1.03. The van der Waals surface area contributed by atoms with Crippen LogP contribution < -0.4 is 5.32 Å². The molecular weight excluding hydrogens is 439 g/mol. The quantitative estimate of drug-likeness (QED) is 0.219. The Hall–Kier alpha value is -1.12. The van der Waals surface area contributed by atoms with E-state index in [1.165, 1.54) is 12.0 Å². The molecule has 0 spiro atoms. The summed E-state index contributed by atoms with van der Waals surface area (Å²) in [6.45, 7) is 9.37. The van der Waals surface area contributed by atoms with Crippen molar-refractivity contribution in [1.29, 1.82) is 0 Å². The first-order chi connectivity index (χ1) is 12.4. The summed E-state index contributed by atoms with van der Waals surface area (Å²) in [5.41, 5.74) is 1.21. The molecule has 1 unspecified atom stereocenters. The van der Waals surface area contributed by atoms with Crippen molar-refractivity contribution in [2.24, 2.45) is 4.99 Å². The van der Waals surface area contributed by atoms with E-state index >= 15 is 0 Å². The van der Waals surface area contributed by atoms with Gasteiger partial charge >= 0.3 is 0 Å². The monoisotopic (exact) mass is 470 g/mol. The van der Waals surface area contributed by atoms with Gasteiger partial charge in [0.2, 0.25) is 0 Å². The Labute approximate surface area is 174 Å². The third-order valence-corrected chi connectivity index (χ3v) is 4.77. The normalized spacial score (nSPS) is 20.4. The predicted octanol–water partition coefficient (Wildman–Crippen LogP) is 2.73. The molecule has 5 nitrogen and oxygen atoms in total. The van der Waals surface area contributed by atoms with Crippen LogP contribution >= 0.6 is 24.0 Å². The first-order valence-corrected chi connectivity index (χ1v) is 9.41. The van der Waals surface area contributed by atoms with Gasteiger partial charge in [-0.3, -0.25) is 9.89 Å². The Bertz CT molecular complexity index is 570. The number of rotatable bonds is 7. The number of benzene rings is 1. The lowest BCUT2D eigenvalue weighted by Crippen LogP contribution is -2.43. The van der Waals surface area contributed by atoms with Crippen LogP contribution in [0.2, 0.25) is 0 Å². The molecule has 3 rings (SSSR count). The van der Waals surface area contributed by atoms with Crippen molar-refractivity contribution in [3.8, 4) is 0 Å². The molecule has 1 aromatic carbocycles. The zero-order chi connectivity index (χ0) is 17.3. The molecule has 1 atom stereocenters. The molecule has 0 amide bonds. The molecule has 1 saturated heterocycles. The van der Waals surface area contributed by atoms with Gasteiger partial charge in [0.25, 0.3) is 0 Å². The van der Waals surface area contributed by atoms with Crippen molar-refractivity contribution in [3.05, 3.63) is 48.0 Å². The lowest BCUT2D eigenvalue weighted by Gasteiger charge is -2.25. The topological polar surface area (TPSA) is 40.1 Å². The average molecular weight is 470 g/mol. The van der Waals surface area contributed by atoms with Crippen LogP contribution in [0.5, 0.6) is 0 Å². The van der Waals surface area contributed by atoms with Gasteiger partial charge in [-0.25, -0.2) is 0 Å². The fraction of sp³-hybridized carbons (Fsp3) is 0.550. The van der Waals surface area contributed by atoms with Gasteiger partial charge < -0.3 is 15.0 Å². The Morgan fingerprint density at radius 3 is 2.73 bits per heavy atom. The fourth-order valence-electron chi connectivity index (χ4n) is 3.43. The van der Waals surface area contributed by atoms with Crippen LogP contribution in [0.4, 0.5) is 0 Å². The number of ether oxygens (including phenoxy) is 1. The van der Waals surface area contributed by atoms with Crippen LogP contribution in [0.25, 0.3) is 0 Å². The fourth-order valence-corrected chi connectivity index (χ4v) is 3.43. The van der Waals surface area contributed by atoms with Crippen LogP contribution in [0.15, 0.2) is 47.5 Å². The highest BCUT2D eigenvalue weighted by atomic mass is 127. The minimum atomic E-state index is 0. The SMILES string of the molecule is CCNC(=NCCOCc1ccccc1)N1CCC(N2CC=CC2)C1.I. The lowest BCUT2D eigenvalue weighted by atomic mass is 10.2. The molecule has 2 aliphatic rings. The van der Waals surface area contributed by atoms with Gasteiger partial charge in [-0.2, -0.15) is 0 Å². The Kier molecular flexibility index (Phi) is 9.42. The largest absolute Gasteiger partial charge is 0.375 e. The first kappa shape index (κ1) is 21.2. The summed E-state index contributed by atoms with van der Waals surface area (Å²) in [5, 5.41) is 3.43. The maximum Gasteiger partial charge on any atom is 0.194 e. The van der Waals surface area contributed by atoms with Gasteiger partial charge in [0, 0.05) is 38.8 Å². The number of aliphatic imine (C=N–C) groups is 1. The van der Waals surface area contributed by atoms with E-state index in [-0.39, 0.29) is 24.0 Å². The number of nitrogens with one attached hydrogen (secondary N) is 1. The van der Waals surface area contributed by atoms with Gasteiger partial charge in [-0.05, 0) is 18.9 Å². The number of likely N-dealkylation sites (tertiary alicyclic amines) is 1. The summed E-state index contributed by atoms with van der Waals surface area (Å²) in [7, 11) is 0. The molecule has 1 N–H and O–H groups in total. The molecule has 1 fully saturated rings. The zero-order valence-corrected chi connectivity index (χ0v) is 18.0. The molecule has 0 aliphatic carbocycles. The predicted molar refractivity (Wildman–Crippen MR) is 118 cm³/mol. The smallest absolute Gasteiger partial charge is 0.194 e. The summed E-state index contributed by atoms with van der Waals surface area (Å²) in [4.78, 5) is 9.70. The molecule has 2 heterocycles. The highest BCUT2D eigenvalue weighted by molar-refractivity contribution is 14.0. The molecule has 0 saturated carbocycles. The van der Waals surface area contributed by atoms with Gasteiger partial charge in [-0.15, -0.1) is 24.0 Å². The molecule has 2 aliphatic heterocycles. The zero-order valence-electron chi connectivity index (χ0n) is 15.6. The summed E-state index contributed by atoms with van der Waals surface area (Å²) in [6, 6.07) is 10.9. The molecule has 1 aromatic rings. The number of halogens is 1. The Morgan fingerprint density at radius 1 is 1.23 bits per heavy atom. The van der Waals surface area contributed by atoms with E-state index in [1.807, 2.05) is 18.2 Å². The van der Waals surface area contributed by atoms with Gasteiger partial charge in [-0.1, -0.05) is 42.5 Å². The molecular formula is C20H31IN4O. The standard InChI is InChI=1S/C20H30N4O.HI/c1-2-21-20(22-11-15-25-17-18-8-4-3-5-9-18)24-14-10-19(16-24)23-12-6-7-13-23;/h3-9,19H,2,10-17H2,1H3,(H,21,22);1H. The van der Waals surface area contributed by atoms with Crippen LogP contribution in [-0.2, 0) is 11.3 Å². The van der Waals surface area contributed by atoms with E-state index < -0.39 is 0 Å². The molecule has 144 valence electrons. The minimum Gasteiger partial charge on any atom is -0.375 e. The van der Waals surface area contributed by atoms with Crippen molar-refractivity contribution in [2.45, 2.75) is 26.0 Å². The van der Waals surface area contributed by atoms with Gasteiger partial charge in [0.1, 0.15) is 0 Å². The second-order valence-electron chi connectivity index (χ2n) is 6.59. The van der Waals surface area contributed by atoms with Crippen LogP contribution in [0.1, 0.15) is 18.9 Å².